The van der Waals surface area contributed by atoms with Crippen LogP contribution in [-0.4, -0.2) is 35.7 Å². The topological polar surface area (TPSA) is 49.5 Å². The van der Waals surface area contributed by atoms with Crippen molar-refractivity contribution in [3.05, 3.63) is 35.9 Å². The molecule has 3 nitrogen and oxygen atoms in total. The van der Waals surface area contributed by atoms with Gasteiger partial charge in [-0.05, 0) is 48.6 Å². The fourth-order valence-corrected chi connectivity index (χ4v) is 4.24. The largest absolute Gasteiger partial charge is 0.395 e. The molecule has 1 aliphatic rings. The lowest BCUT2D eigenvalue weighted by molar-refractivity contribution is 0.0252. The molecule has 0 aromatic heterocycles. The highest BCUT2D eigenvalue weighted by Crippen LogP contribution is 2.43. The molecule has 0 heterocycles. The Kier molecular flexibility index (Phi) is 7.27. The average Bonchev–Trinajstić information content (AvgIpc) is 2.61. The van der Waals surface area contributed by atoms with Gasteiger partial charge in [0.25, 0.3) is 0 Å². The lowest BCUT2D eigenvalue weighted by atomic mass is 9.65. The highest BCUT2D eigenvalue weighted by molar-refractivity contribution is 5.14. The minimum absolute atomic E-state index is 0.211. The van der Waals surface area contributed by atoms with E-state index in [0.717, 1.165) is 25.6 Å². The van der Waals surface area contributed by atoms with Crippen molar-refractivity contribution in [1.82, 2.24) is 4.90 Å². The number of nitrogens with zero attached hydrogens (tertiary/aromatic N) is 1. The Morgan fingerprint density at radius 2 is 1.92 bits per heavy atom. The zero-order valence-corrected chi connectivity index (χ0v) is 15.7. The first-order chi connectivity index (χ1) is 11.5. The van der Waals surface area contributed by atoms with E-state index in [1.807, 2.05) is 0 Å². The molecule has 0 aliphatic heterocycles. The van der Waals surface area contributed by atoms with Crippen LogP contribution < -0.4 is 5.73 Å². The van der Waals surface area contributed by atoms with Crippen LogP contribution >= 0.6 is 0 Å². The van der Waals surface area contributed by atoms with Gasteiger partial charge in [-0.15, -0.1) is 0 Å². The second-order valence-corrected chi connectivity index (χ2v) is 8.09. The number of benzene rings is 1. The van der Waals surface area contributed by atoms with Crippen LogP contribution in [-0.2, 0) is 6.54 Å². The maximum absolute atomic E-state index is 9.60. The van der Waals surface area contributed by atoms with Gasteiger partial charge in [0.1, 0.15) is 0 Å². The van der Waals surface area contributed by atoms with E-state index in [9.17, 15) is 5.11 Å². The highest BCUT2D eigenvalue weighted by Gasteiger charge is 2.38. The van der Waals surface area contributed by atoms with E-state index in [-0.39, 0.29) is 6.61 Å². The van der Waals surface area contributed by atoms with Crippen molar-refractivity contribution in [2.24, 2.45) is 23.0 Å². The predicted molar refractivity (Wildman–Crippen MR) is 102 cm³/mol. The Labute approximate surface area is 148 Å². The second kappa shape index (κ2) is 8.98. The van der Waals surface area contributed by atoms with E-state index in [1.54, 1.807) is 0 Å². The van der Waals surface area contributed by atoms with Crippen molar-refractivity contribution in [1.29, 1.82) is 0 Å². The average molecular weight is 333 g/mol. The third-order valence-corrected chi connectivity index (χ3v) is 6.36. The van der Waals surface area contributed by atoms with Crippen molar-refractivity contribution >= 4 is 0 Å². The molecule has 0 saturated heterocycles. The number of rotatable bonds is 8. The minimum atomic E-state index is 0.211. The van der Waals surface area contributed by atoms with Gasteiger partial charge >= 0.3 is 0 Å². The van der Waals surface area contributed by atoms with Gasteiger partial charge in [-0.2, -0.15) is 0 Å². The SMILES string of the molecule is CCC(C)(C)C1CCC(CN)C(N(CCO)Cc2ccccc2)C1. The first-order valence-electron chi connectivity index (χ1n) is 9.60. The lowest BCUT2D eigenvalue weighted by Gasteiger charge is -2.47. The Morgan fingerprint density at radius 3 is 2.50 bits per heavy atom. The van der Waals surface area contributed by atoms with Gasteiger partial charge in [0.15, 0.2) is 0 Å². The van der Waals surface area contributed by atoms with Crippen LogP contribution in [0.15, 0.2) is 30.3 Å². The summed E-state index contributed by atoms with van der Waals surface area (Å²) in [6.45, 7) is 9.72. The highest BCUT2D eigenvalue weighted by atomic mass is 16.3. The van der Waals surface area contributed by atoms with E-state index >= 15 is 0 Å². The Balaban J connectivity index is 2.17. The summed E-state index contributed by atoms with van der Waals surface area (Å²) < 4.78 is 0. The molecule has 1 fully saturated rings. The Hall–Kier alpha value is -0.900. The van der Waals surface area contributed by atoms with Gasteiger partial charge < -0.3 is 10.8 Å². The summed E-state index contributed by atoms with van der Waals surface area (Å²) in [7, 11) is 0. The molecule has 3 atom stereocenters. The molecule has 2 rings (SSSR count). The third-order valence-electron chi connectivity index (χ3n) is 6.36. The van der Waals surface area contributed by atoms with Crippen LogP contribution in [0.25, 0.3) is 0 Å². The molecule has 1 aromatic carbocycles. The van der Waals surface area contributed by atoms with Gasteiger partial charge in [-0.1, -0.05) is 57.5 Å². The zero-order chi connectivity index (χ0) is 17.6. The van der Waals surface area contributed by atoms with Crippen molar-refractivity contribution in [2.75, 3.05) is 19.7 Å². The van der Waals surface area contributed by atoms with Crippen molar-refractivity contribution in [3.8, 4) is 0 Å². The van der Waals surface area contributed by atoms with Crippen LogP contribution in [0.4, 0.5) is 0 Å². The summed E-state index contributed by atoms with van der Waals surface area (Å²) in [6, 6.07) is 11.1. The normalized spacial score (nSPS) is 25.2. The molecule has 0 bridgehead atoms. The van der Waals surface area contributed by atoms with Gasteiger partial charge in [-0.3, -0.25) is 4.90 Å². The molecular formula is C21H36N2O. The number of hydrogen-bond donors (Lipinski definition) is 2. The molecule has 0 spiro atoms. The smallest absolute Gasteiger partial charge is 0.0558 e. The van der Waals surface area contributed by atoms with Crippen LogP contribution in [0.1, 0.15) is 52.0 Å². The summed E-state index contributed by atoms with van der Waals surface area (Å²) in [5, 5.41) is 9.60. The number of aliphatic hydroxyl groups is 1. The van der Waals surface area contributed by atoms with Gasteiger partial charge in [0.2, 0.25) is 0 Å². The number of hydrogen-bond acceptors (Lipinski definition) is 3. The molecule has 1 aromatic rings. The molecule has 1 saturated carbocycles. The Morgan fingerprint density at radius 1 is 1.21 bits per heavy atom. The molecule has 3 heteroatoms. The first-order valence-corrected chi connectivity index (χ1v) is 9.60. The first kappa shape index (κ1) is 19.4. The molecule has 1 aliphatic carbocycles. The van der Waals surface area contributed by atoms with Crippen molar-refractivity contribution < 1.29 is 5.11 Å². The van der Waals surface area contributed by atoms with E-state index in [0.29, 0.717) is 17.4 Å². The fraction of sp³-hybridized carbons (Fsp3) is 0.714. The lowest BCUT2D eigenvalue weighted by Crippen LogP contribution is -2.49. The third kappa shape index (κ3) is 4.81. The molecule has 24 heavy (non-hydrogen) atoms. The summed E-state index contributed by atoms with van der Waals surface area (Å²) in [5.41, 5.74) is 7.82. The molecular weight excluding hydrogens is 296 g/mol. The minimum Gasteiger partial charge on any atom is -0.395 e. The molecule has 0 amide bonds. The van der Waals surface area contributed by atoms with Gasteiger partial charge in [-0.25, -0.2) is 0 Å². The van der Waals surface area contributed by atoms with Gasteiger partial charge in [0.05, 0.1) is 6.61 Å². The maximum atomic E-state index is 9.60. The second-order valence-electron chi connectivity index (χ2n) is 8.09. The number of nitrogens with two attached hydrogens (primary N) is 1. The summed E-state index contributed by atoms with van der Waals surface area (Å²) in [5.74, 6) is 1.29. The molecule has 0 radical (unpaired) electrons. The van der Waals surface area contributed by atoms with Gasteiger partial charge in [0, 0.05) is 19.1 Å². The van der Waals surface area contributed by atoms with Crippen molar-refractivity contribution in [2.45, 2.75) is 59.0 Å². The molecule has 3 unspecified atom stereocenters. The van der Waals surface area contributed by atoms with Crippen molar-refractivity contribution in [3.63, 3.8) is 0 Å². The summed E-state index contributed by atoms with van der Waals surface area (Å²) in [6.07, 6.45) is 4.93. The number of aliphatic hydroxyl groups excluding tert-OH is 1. The molecule has 136 valence electrons. The van der Waals surface area contributed by atoms with Crippen LogP contribution in [0, 0.1) is 17.3 Å². The summed E-state index contributed by atoms with van der Waals surface area (Å²) in [4.78, 5) is 2.48. The van der Waals surface area contributed by atoms with E-state index in [2.05, 4.69) is 56.0 Å². The van der Waals surface area contributed by atoms with E-state index < -0.39 is 0 Å². The van der Waals surface area contributed by atoms with E-state index in [4.69, 9.17) is 5.73 Å². The fourth-order valence-electron chi connectivity index (χ4n) is 4.24. The zero-order valence-electron chi connectivity index (χ0n) is 15.7. The monoisotopic (exact) mass is 332 g/mol. The maximum Gasteiger partial charge on any atom is 0.0558 e. The van der Waals surface area contributed by atoms with Crippen LogP contribution in [0.2, 0.25) is 0 Å². The predicted octanol–water partition coefficient (Wildman–Crippen LogP) is 3.66. The van der Waals surface area contributed by atoms with E-state index in [1.165, 1.54) is 31.2 Å². The summed E-state index contributed by atoms with van der Waals surface area (Å²) >= 11 is 0. The van der Waals surface area contributed by atoms with Crippen LogP contribution in [0.3, 0.4) is 0 Å². The quantitative estimate of drug-likeness (QED) is 0.764. The van der Waals surface area contributed by atoms with Crippen LogP contribution in [0.5, 0.6) is 0 Å². The Bertz CT molecular complexity index is 474. The molecule has 3 N–H and O–H groups in total. The standard InChI is InChI=1S/C21H36N2O/c1-4-21(2,3)19-11-10-18(15-22)20(14-19)23(12-13-24)16-17-8-6-5-7-9-17/h5-9,18-20,24H,4,10-16,22H2,1-3H3.